The van der Waals surface area contributed by atoms with Gasteiger partial charge in [-0.25, -0.2) is 15.0 Å². The molecule has 0 aliphatic carbocycles. The number of anilines is 2. The summed E-state index contributed by atoms with van der Waals surface area (Å²) in [5.74, 6) is 1.93. The fraction of sp³-hybridized carbons (Fsp3) is 0.471. The van der Waals surface area contributed by atoms with Gasteiger partial charge in [-0.15, -0.1) is 0 Å². The van der Waals surface area contributed by atoms with Crippen LogP contribution in [0.25, 0.3) is 0 Å². The van der Waals surface area contributed by atoms with Crippen molar-refractivity contribution in [1.82, 2.24) is 23.6 Å². The van der Waals surface area contributed by atoms with Gasteiger partial charge >= 0.3 is 0 Å². The van der Waals surface area contributed by atoms with Crippen LogP contribution < -0.4 is 5.32 Å². The van der Waals surface area contributed by atoms with Gasteiger partial charge < -0.3 is 5.32 Å². The van der Waals surface area contributed by atoms with E-state index in [0.717, 1.165) is 24.2 Å². The number of nitrogens with zero attached hydrogens (tertiary/aromatic N) is 5. The lowest BCUT2D eigenvalue weighted by Gasteiger charge is -2.26. The van der Waals surface area contributed by atoms with E-state index >= 15 is 0 Å². The first-order chi connectivity index (χ1) is 12.3. The highest BCUT2D eigenvalue weighted by Crippen LogP contribution is 2.34. The van der Waals surface area contributed by atoms with Crippen LogP contribution in [-0.2, 0) is 10.2 Å². The lowest BCUT2D eigenvalue weighted by Crippen LogP contribution is -2.39. The molecule has 0 saturated carbocycles. The van der Waals surface area contributed by atoms with Crippen molar-refractivity contribution >= 4 is 21.8 Å². The Balaban J connectivity index is 1.94. The first kappa shape index (κ1) is 18.7. The third-order valence-electron chi connectivity index (χ3n) is 4.42. The molecule has 0 spiro atoms. The zero-order valence-corrected chi connectivity index (χ0v) is 16.3. The van der Waals surface area contributed by atoms with E-state index in [9.17, 15) is 8.42 Å². The summed E-state index contributed by atoms with van der Waals surface area (Å²) < 4.78 is 28.0. The van der Waals surface area contributed by atoms with Crippen LogP contribution in [-0.4, -0.2) is 52.6 Å². The lowest BCUT2D eigenvalue weighted by molar-refractivity contribution is 0.357. The Labute approximate surface area is 154 Å². The molecular weight excluding hydrogens is 352 g/mol. The molecule has 9 heteroatoms. The van der Waals surface area contributed by atoms with E-state index in [2.05, 4.69) is 20.3 Å². The molecule has 3 rings (SSSR count). The molecule has 1 saturated heterocycles. The van der Waals surface area contributed by atoms with Gasteiger partial charge in [-0.2, -0.15) is 17.0 Å². The minimum Gasteiger partial charge on any atom is -0.325 e. The first-order valence-corrected chi connectivity index (χ1v) is 9.92. The van der Waals surface area contributed by atoms with E-state index in [1.54, 1.807) is 27.2 Å². The average Bonchev–Trinajstić information content (AvgIpc) is 3.07. The molecule has 3 heterocycles. The van der Waals surface area contributed by atoms with Crippen LogP contribution in [0.4, 0.5) is 11.6 Å². The molecule has 1 aliphatic rings. The maximum Gasteiger partial charge on any atom is 0.282 e. The smallest absolute Gasteiger partial charge is 0.282 e. The molecule has 1 fully saturated rings. The van der Waals surface area contributed by atoms with Crippen LogP contribution in [0.1, 0.15) is 36.0 Å². The third kappa shape index (κ3) is 3.69. The maximum absolute atomic E-state index is 12.6. The van der Waals surface area contributed by atoms with Crippen molar-refractivity contribution < 1.29 is 8.42 Å². The van der Waals surface area contributed by atoms with Crippen LogP contribution in [0.5, 0.6) is 0 Å². The lowest BCUT2D eigenvalue weighted by atomic mass is 10.1. The molecule has 2 aromatic heterocycles. The monoisotopic (exact) mass is 376 g/mol. The average molecular weight is 376 g/mol. The number of pyridine rings is 1. The van der Waals surface area contributed by atoms with E-state index in [-0.39, 0.29) is 6.04 Å². The van der Waals surface area contributed by atoms with Gasteiger partial charge in [0.05, 0.1) is 11.7 Å². The molecule has 0 amide bonds. The number of aryl methyl sites for hydroxylation is 2. The SMILES string of the molecule is Cc1nc(Nc2ncccc2C)cc(C2CCCN2S(=O)(=O)N(C)C)n1. The Kier molecular flexibility index (Phi) is 5.22. The van der Waals surface area contributed by atoms with Crippen molar-refractivity contribution in [1.29, 1.82) is 0 Å². The topological polar surface area (TPSA) is 91.3 Å². The highest BCUT2D eigenvalue weighted by atomic mass is 32.2. The quantitative estimate of drug-likeness (QED) is 0.860. The zero-order valence-electron chi connectivity index (χ0n) is 15.5. The number of aromatic nitrogens is 3. The van der Waals surface area contributed by atoms with Crippen LogP contribution in [0.2, 0.25) is 0 Å². The number of nitrogens with one attached hydrogen (secondary N) is 1. The number of hydrogen-bond donors (Lipinski definition) is 1. The Morgan fingerprint density at radius 1 is 1.27 bits per heavy atom. The van der Waals surface area contributed by atoms with Crippen LogP contribution >= 0.6 is 0 Å². The minimum absolute atomic E-state index is 0.283. The van der Waals surface area contributed by atoms with Crippen LogP contribution in [0.3, 0.4) is 0 Å². The maximum atomic E-state index is 12.6. The van der Waals surface area contributed by atoms with Gasteiger partial charge in [-0.3, -0.25) is 0 Å². The van der Waals surface area contributed by atoms with E-state index in [4.69, 9.17) is 0 Å². The Morgan fingerprint density at radius 2 is 2.04 bits per heavy atom. The van der Waals surface area contributed by atoms with Crippen LogP contribution in [0.15, 0.2) is 24.4 Å². The highest BCUT2D eigenvalue weighted by molar-refractivity contribution is 7.86. The van der Waals surface area contributed by atoms with E-state index in [0.29, 0.717) is 23.9 Å². The summed E-state index contributed by atoms with van der Waals surface area (Å²) in [7, 11) is -0.395. The predicted octanol–water partition coefficient (Wildman–Crippen LogP) is 2.18. The summed E-state index contributed by atoms with van der Waals surface area (Å²) in [6.07, 6.45) is 3.27. The Hall–Kier alpha value is -2.10. The molecule has 1 N–H and O–H groups in total. The largest absolute Gasteiger partial charge is 0.325 e. The number of hydrogen-bond acceptors (Lipinski definition) is 6. The second kappa shape index (κ2) is 7.26. The summed E-state index contributed by atoms with van der Waals surface area (Å²) in [5.41, 5.74) is 1.71. The standard InChI is InChI=1S/C17H24N6O2S/c1-12-7-5-9-18-17(12)21-16-11-14(19-13(2)20-16)15-8-6-10-23(15)26(24,25)22(3)4/h5,7,9,11,15H,6,8,10H2,1-4H3,(H,18,19,20,21). The van der Waals surface area contributed by atoms with E-state index in [1.165, 1.54) is 8.61 Å². The fourth-order valence-electron chi connectivity index (χ4n) is 3.08. The van der Waals surface area contributed by atoms with Gasteiger partial charge in [0.15, 0.2) is 0 Å². The molecule has 140 valence electrons. The second-order valence-electron chi connectivity index (χ2n) is 6.58. The van der Waals surface area contributed by atoms with Gasteiger partial charge in [0.25, 0.3) is 10.2 Å². The van der Waals surface area contributed by atoms with Crippen molar-refractivity contribution in [2.75, 3.05) is 26.0 Å². The fourth-order valence-corrected chi connectivity index (χ4v) is 4.40. The molecule has 0 bridgehead atoms. The first-order valence-electron chi connectivity index (χ1n) is 8.52. The predicted molar refractivity (Wildman–Crippen MR) is 100 cm³/mol. The Morgan fingerprint density at radius 3 is 2.73 bits per heavy atom. The molecule has 1 atom stereocenters. The summed E-state index contributed by atoms with van der Waals surface area (Å²) in [6, 6.07) is 5.37. The highest BCUT2D eigenvalue weighted by Gasteiger charge is 2.37. The summed E-state index contributed by atoms with van der Waals surface area (Å²) in [6.45, 7) is 4.27. The van der Waals surface area contributed by atoms with Gasteiger partial charge in [0, 0.05) is 32.9 Å². The van der Waals surface area contributed by atoms with Gasteiger partial charge in [-0.1, -0.05) is 6.07 Å². The van der Waals surface area contributed by atoms with Crippen molar-refractivity contribution in [3.05, 3.63) is 41.5 Å². The summed E-state index contributed by atoms with van der Waals surface area (Å²) in [4.78, 5) is 13.3. The van der Waals surface area contributed by atoms with Crippen molar-refractivity contribution in [2.45, 2.75) is 32.7 Å². The molecule has 1 aliphatic heterocycles. The second-order valence-corrected chi connectivity index (χ2v) is 8.67. The summed E-state index contributed by atoms with van der Waals surface area (Å²) >= 11 is 0. The zero-order chi connectivity index (χ0) is 18.9. The van der Waals surface area contributed by atoms with Crippen molar-refractivity contribution in [3.8, 4) is 0 Å². The molecule has 26 heavy (non-hydrogen) atoms. The normalized spacial score (nSPS) is 18.4. The van der Waals surface area contributed by atoms with Crippen LogP contribution in [0, 0.1) is 13.8 Å². The van der Waals surface area contributed by atoms with Gasteiger partial charge in [0.1, 0.15) is 17.5 Å². The molecular formula is C17H24N6O2S. The van der Waals surface area contributed by atoms with Crippen molar-refractivity contribution in [2.24, 2.45) is 0 Å². The third-order valence-corrected chi connectivity index (χ3v) is 6.37. The number of rotatable bonds is 5. The van der Waals surface area contributed by atoms with E-state index in [1.807, 2.05) is 25.1 Å². The molecule has 2 aromatic rings. The van der Waals surface area contributed by atoms with E-state index < -0.39 is 10.2 Å². The van der Waals surface area contributed by atoms with Gasteiger partial charge in [-0.05, 0) is 38.3 Å². The molecule has 0 radical (unpaired) electrons. The summed E-state index contributed by atoms with van der Waals surface area (Å²) in [5, 5.41) is 3.21. The molecule has 0 aromatic carbocycles. The minimum atomic E-state index is -3.49. The molecule has 8 nitrogen and oxygen atoms in total. The Bertz CT molecular complexity index is 900. The van der Waals surface area contributed by atoms with Gasteiger partial charge in [0.2, 0.25) is 0 Å². The van der Waals surface area contributed by atoms with Crippen molar-refractivity contribution in [3.63, 3.8) is 0 Å². The molecule has 1 unspecified atom stereocenters.